The molecule has 2 rings (SSSR count). The van der Waals surface area contributed by atoms with Gasteiger partial charge in [0, 0.05) is 12.6 Å². The fourth-order valence-corrected chi connectivity index (χ4v) is 2.30. The zero-order valence-corrected chi connectivity index (χ0v) is 8.95. The lowest BCUT2D eigenvalue weighted by atomic mass is 10.1. The molecule has 4 heteroatoms. The third-order valence-corrected chi connectivity index (χ3v) is 3.17. The molecule has 1 aliphatic carbocycles. The van der Waals surface area contributed by atoms with Crippen molar-refractivity contribution in [1.29, 1.82) is 5.26 Å². The molecule has 1 saturated heterocycles. The van der Waals surface area contributed by atoms with Crippen molar-refractivity contribution in [2.75, 3.05) is 26.4 Å². The molecule has 1 heterocycles. The molecule has 0 amide bonds. The quantitative estimate of drug-likeness (QED) is 0.744. The monoisotopic (exact) mass is 210 g/mol. The molecule has 0 radical (unpaired) electrons. The second-order valence-electron chi connectivity index (χ2n) is 4.25. The van der Waals surface area contributed by atoms with E-state index in [1.54, 1.807) is 0 Å². The van der Waals surface area contributed by atoms with Crippen molar-refractivity contribution in [2.45, 2.75) is 31.4 Å². The molecule has 0 bridgehead atoms. The first-order valence-electron chi connectivity index (χ1n) is 5.72. The lowest BCUT2D eigenvalue weighted by molar-refractivity contribution is -0.0871. The molecule has 0 aromatic heterocycles. The van der Waals surface area contributed by atoms with E-state index in [0.29, 0.717) is 25.9 Å². The maximum atomic E-state index is 8.93. The van der Waals surface area contributed by atoms with E-state index in [0.717, 1.165) is 25.8 Å². The van der Waals surface area contributed by atoms with E-state index in [1.807, 2.05) is 0 Å². The Morgan fingerprint density at radius 2 is 2.27 bits per heavy atom. The van der Waals surface area contributed by atoms with Crippen LogP contribution in [0, 0.1) is 17.2 Å². The molecule has 84 valence electrons. The number of rotatable bonds is 3. The van der Waals surface area contributed by atoms with Crippen LogP contribution < -0.4 is 5.32 Å². The van der Waals surface area contributed by atoms with Gasteiger partial charge in [-0.25, -0.2) is 0 Å². The number of ether oxygens (including phenoxy) is 2. The summed E-state index contributed by atoms with van der Waals surface area (Å²) in [6.07, 6.45) is 3.48. The summed E-state index contributed by atoms with van der Waals surface area (Å²) in [6.45, 7) is 2.89. The van der Waals surface area contributed by atoms with Crippen LogP contribution in [0.15, 0.2) is 0 Å². The van der Waals surface area contributed by atoms with Gasteiger partial charge < -0.3 is 14.8 Å². The number of nitrogens with zero attached hydrogens (tertiary/aromatic N) is 1. The number of nitrogens with one attached hydrogen (secondary N) is 1. The fraction of sp³-hybridized carbons (Fsp3) is 0.909. The maximum absolute atomic E-state index is 8.93. The van der Waals surface area contributed by atoms with Gasteiger partial charge in [0.25, 0.3) is 0 Å². The average molecular weight is 210 g/mol. The lowest BCUT2D eigenvalue weighted by Gasteiger charge is -2.25. The van der Waals surface area contributed by atoms with E-state index in [9.17, 15) is 0 Å². The summed E-state index contributed by atoms with van der Waals surface area (Å²) in [5.74, 6) is 0.189. The molecule has 3 unspecified atom stereocenters. The predicted molar refractivity (Wildman–Crippen MR) is 55.3 cm³/mol. The molecular weight excluding hydrogens is 192 g/mol. The van der Waals surface area contributed by atoms with E-state index in [1.165, 1.54) is 0 Å². The maximum Gasteiger partial charge on any atom is 0.0933 e. The molecule has 4 nitrogen and oxygen atoms in total. The largest absolute Gasteiger partial charge is 0.376 e. The van der Waals surface area contributed by atoms with E-state index < -0.39 is 0 Å². The summed E-state index contributed by atoms with van der Waals surface area (Å²) in [5, 5.41) is 12.4. The topological polar surface area (TPSA) is 54.3 Å². The van der Waals surface area contributed by atoms with Crippen LogP contribution in [0.4, 0.5) is 0 Å². The Morgan fingerprint density at radius 3 is 3.00 bits per heavy atom. The highest BCUT2D eigenvalue weighted by Crippen LogP contribution is 2.24. The Bertz CT molecular complexity index is 233. The van der Waals surface area contributed by atoms with Crippen molar-refractivity contribution in [3.8, 4) is 6.07 Å². The van der Waals surface area contributed by atoms with Gasteiger partial charge in [0.15, 0.2) is 0 Å². The van der Waals surface area contributed by atoms with Crippen molar-refractivity contribution < 1.29 is 9.47 Å². The standard InChI is InChI=1S/C11H18N2O2/c12-6-9-2-1-3-11(9)13-7-10-8-14-4-5-15-10/h9-11,13H,1-5,7-8H2. The summed E-state index contributed by atoms with van der Waals surface area (Å²) in [7, 11) is 0. The van der Waals surface area contributed by atoms with Crippen LogP contribution in [0.25, 0.3) is 0 Å². The molecule has 1 saturated carbocycles. The molecule has 3 atom stereocenters. The molecular formula is C11H18N2O2. The van der Waals surface area contributed by atoms with Crippen molar-refractivity contribution >= 4 is 0 Å². The van der Waals surface area contributed by atoms with Gasteiger partial charge in [0.05, 0.1) is 37.9 Å². The van der Waals surface area contributed by atoms with Crippen molar-refractivity contribution in [2.24, 2.45) is 5.92 Å². The van der Waals surface area contributed by atoms with Crippen LogP contribution in [0.1, 0.15) is 19.3 Å². The summed E-state index contributed by atoms with van der Waals surface area (Å²) < 4.78 is 10.9. The van der Waals surface area contributed by atoms with Crippen LogP contribution in [0.2, 0.25) is 0 Å². The number of hydrogen-bond acceptors (Lipinski definition) is 4. The zero-order valence-electron chi connectivity index (χ0n) is 8.95. The Morgan fingerprint density at radius 1 is 1.33 bits per heavy atom. The van der Waals surface area contributed by atoms with Crippen LogP contribution >= 0.6 is 0 Å². The summed E-state index contributed by atoms with van der Waals surface area (Å²) in [5.41, 5.74) is 0. The van der Waals surface area contributed by atoms with Gasteiger partial charge in [0.1, 0.15) is 0 Å². The highest BCUT2D eigenvalue weighted by atomic mass is 16.6. The zero-order chi connectivity index (χ0) is 10.5. The fourth-order valence-electron chi connectivity index (χ4n) is 2.30. The molecule has 2 fully saturated rings. The summed E-state index contributed by atoms with van der Waals surface area (Å²) in [6, 6.07) is 2.73. The van der Waals surface area contributed by atoms with Crippen LogP contribution in [-0.4, -0.2) is 38.5 Å². The van der Waals surface area contributed by atoms with E-state index in [-0.39, 0.29) is 12.0 Å². The van der Waals surface area contributed by atoms with Gasteiger partial charge in [-0.05, 0) is 12.8 Å². The second-order valence-corrected chi connectivity index (χ2v) is 4.25. The molecule has 0 aromatic rings. The Balaban J connectivity index is 1.70. The van der Waals surface area contributed by atoms with Crippen molar-refractivity contribution in [3.05, 3.63) is 0 Å². The third-order valence-electron chi connectivity index (χ3n) is 3.17. The lowest BCUT2D eigenvalue weighted by Crippen LogP contribution is -2.42. The first kappa shape index (κ1) is 10.9. The number of nitriles is 1. The highest BCUT2D eigenvalue weighted by Gasteiger charge is 2.27. The predicted octanol–water partition coefficient (Wildman–Crippen LogP) is 0.684. The van der Waals surface area contributed by atoms with Crippen molar-refractivity contribution in [3.63, 3.8) is 0 Å². The normalized spacial score (nSPS) is 36.3. The molecule has 15 heavy (non-hydrogen) atoms. The van der Waals surface area contributed by atoms with Gasteiger partial charge in [-0.2, -0.15) is 5.26 Å². The van der Waals surface area contributed by atoms with Gasteiger partial charge >= 0.3 is 0 Å². The smallest absolute Gasteiger partial charge is 0.0933 e. The van der Waals surface area contributed by atoms with E-state index in [4.69, 9.17) is 14.7 Å². The Labute approximate surface area is 90.5 Å². The highest BCUT2D eigenvalue weighted by molar-refractivity contribution is 4.96. The van der Waals surface area contributed by atoms with E-state index in [2.05, 4.69) is 11.4 Å². The first-order chi connectivity index (χ1) is 7.40. The first-order valence-corrected chi connectivity index (χ1v) is 5.72. The minimum absolute atomic E-state index is 0.165. The minimum Gasteiger partial charge on any atom is -0.376 e. The SMILES string of the molecule is N#CC1CCCC1NCC1COCCO1. The van der Waals surface area contributed by atoms with E-state index >= 15 is 0 Å². The minimum atomic E-state index is 0.165. The third kappa shape index (κ3) is 2.91. The molecule has 0 aromatic carbocycles. The second kappa shape index (κ2) is 5.45. The molecule has 0 spiro atoms. The van der Waals surface area contributed by atoms with Gasteiger partial charge in [-0.15, -0.1) is 0 Å². The molecule has 1 aliphatic heterocycles. The number of hydrogen-bond donors (Lipinski definition) is 1. The van der Waals surface area contributed by atoms with Gasteiger partial charge in [0.2, 0.25) is 0 Å². The molecule has 2 aliphatic rings. The van der Waals surface area contributed by atoms with Crippen LogP contribution in [-0.2, 0) is 9.47 Å². The average Bonchev–Trinajstić information content (AvgIpc) is 2.75. The van der Waals surface area contributed by atoms with Gasteiger partial charge in [-0.1, -0.05) is 6.42 Å². The Hall–Kier alpha value is -0.630. The van der Waals surface area contributed by atoms with Gasteiger partial charge in [-0.3, -0.25) is 0 Å². The Kier molecular flexibility index (Phi) is 3.95. The van der Waals surface area contributed by atoms with Crippen molar-refractivity contribution in [1.82, 2.24) is 5.32 Å². The molecule has 1 N–H and O–H groups in total. The summed E-state index contributed by atoms with van der Waals surface area (Å²) in [4.78, 5) is 0. The van der Waals surface area contributed by atoms with Crippen LogP contribution in [0.3, 0.4) is 0 Å². The van der Waals surface area contributed by atoms with Crippen LogP contribution in [0.5, 0.6) is 0 Å². The summed E-state index contributed by atoms with van der Waals surface area (Å²) >= 11 is 0.